The summed E-state index contributed by atoms with van der Waals surface area (Å²) in [5, 5.41) is 23.1. The van der Waals surface area contributed by atoms with Crippen LogP contribution in [0.3, 0.4) is 0 Å². The van der Waals surface area contributed by atoms with Crippen LogP contribution in [0.5, 0.6) is 11.5 Å². The summed E-state index contributed by atoms with van der Waals surface area (Å²) in [6.45, 7) is 12.5. The number of aliphatic hydroxyl groups is 2. The Hall–Kier alpha value is -3.76. The van der Waals surface area contributed by atoms with Crippen molar-refractivity contribution in [1.29, 1.82) is 0 Å². The number of aliphatic hydroxyl groups excluding tert-OH is 2. The lowest BCUT2D eigenvalue weighted by molar-refractivity contribution is 0.0517. The number of amides is 2. The lowest BCUT2D eigenvalue weighted by Gasteiger charge is -2.19. The fourth-order valence-electron chi connectivity index (χ4n) is 4.00. The van der Waals surface area contributed by atoms with Gasteiger partial charge in [0.2, 0.25) is 0 Å². The second-order valence-electron chi connectivity index (χ2n) is 12.0. The van der Waals surface area contributed by atoms with E-state index in [2.05, 4.69) is 10.6 Å². The Labute approximate surface area is 255 Å². The van der Waals surface area contributed by atoms with E-state index in [0.717, 1.165) is 23.3 Å². The van der Waals surface area contributed by atoms with Crippen LogP contribution in [0.15, 0.2) is 54.6 Å². The molecule has 0 saturated heterocycles. The van der Waals surface area contributed by atoms with E-state index >= 15 is 0 Å². The van der Waals surface area contributed by atoms with E-state index in [1.54, 1.807) is 0 Å². The van der Waals surface area contributed by atoms with Crippen molar-refractivity contribution in [2.45, 2.75) is 65.1 Å². The summed E-state index contributed by atoms with van der Waals surface area (Å²) < 4.78 is 21.3. The Morgan fingerprint density at radius 2 is 1.35 bits per heavy atom. The second-order valence-corrected chi connectivity index (χ2v) is 12.0. The molecule has 2 atom stereocenters. The van der Waals surface area contributed by atoms with Gasteiger partial charge in [-0.3, -0.25) is 0 Å². The fourth-order valence-corrected chi connectivity index (χ4v) is 4.00. The topological polar surface area (TPSA) is 136 Å². The molecule has 0 spiro atoms. The smallest absolute Gasteiger partial charge is 0.407 e. The molecule has 0 bridgehead atoms. The molecule has 0 radical (unpaired) electrons. The highest BCUT2D eigenvalue weighted by Gasteiger charge is 2.40. The molecular weight excluding hydrogens is 552 g/mol. The Kier molecular flexibility index (Phi) is 14.3. The average Bonchev–Trinajstić information content (AvgIpc) is 3.71. The molecule has 1 saturated carbocycles. The normalized spacial score (nSPS) is 16.0. The molecule has 0 unspecified atom stereocenters. The van der Waals surface area contributed by atoms with Gasteiger partial charge in [0, 0.05) is 18.7 Å². The van der Waals surface area contributed by atoms with Gasteiger partial charge in [-0.1, -0.05) is 48.6 Å². The average molecular weight is 601 g/mol. The van der Waals surface area contributed by atoms with E-state index < -0.39 is 17.3 Å². The van der Waals surface area contributed by atoms with E-state index in [4.69, 9.17) is 29.2 Å². The van der Waals surface area contributed by atoms with E-state index in [9.17, 15) is 9.59 Å². The Bertz CT molecular complexity index is 1170. The number of carbonyl (C=O) groups excluding carboxylic acids is 2. The standard InChI is InChI=1S/C17H25NO4.C16H23NO4/c1-17(2,3)22-16(20)18-11-12-10-14(12)13-6-4-5-7-15(13)21-9-8-19;1-16(2,3)21-15(19)17-10-6-8-13-7-4-5-9-14(13)20-12-11-18/h4-7,12,14,19H,8-11H2,1-3H3,(H,18,20);4-9,18H,10-12H2,1-3H3,(H,17,19)/b;8-6-/t12-,14-;/m1./s1. The molecule has 0 aromatic heterocycles. The Morgan fingerprint density at radius 1 is 0.814 bits per heavy atom. The SMILES string of the molecule is CC(C)(C)OC(=O)NC/C=C\c1ccccc1OCCO.CC(C)(C)OC(=O)NC[C@H]1C[C@H]1c1ccccc1OCCO. The van der Waals surface area contributed by atoms with Gasteiger partial charge in [-0.2, -0.15) is 0 Å². The van der Waals surface area contributed by atoms with Crippen LogP contribution in [0, 0.1) is 5.92 Å². The molecule has 10 nitrogen and oxygen atoms in total. The second kappa shape index (κ2) is 17.4. The highest BCUT2D eigenvalue weighted by atomic mass is 16.6. The van der Waals surface area contributed by atoms with Crippen molar-refractivity contribution in [2.75, 3.05) is 39.5 Å². The molecule has 1 aliphatic rings. The van der Waals surface area contributed by atoms with Gasteiger partial charge >= 0.3 is 12.2 Å². The lowest BCUT2D eigenvalue weighted by Crippen LogP contribution is -2.33. The minimum Gasteiger partial charge on any atom is -0.491 e. The summed E-state index contributed by atoms with van der Waals surface area (Å²) in [6.07, 6.45) is 3.87. The lowest BCUT2D eigenvalue weighted by atomic mass is 10.1. The highest BCUT2D eigenvalue weighted by Crippen LogP contribution is 2.49. The maximum absolute atomic E-state index is 11.7. The van der Waals surface area contributed by atoms with Crippen molar-refractivity contribution >= 4 is 18.3 Å². The van der Waals surface area contributed by atoms with E-state index in [0.29, 0.717) is 37.3 Å². The molecule has 1 fully saturated rings. The molecule has 2 aromatic rings. The third-order valence-corrected chi connectivity index (χ3v) is 5.83. The summed E-state index contributed by atoms with van der Waals surface area (Å²) in [5.41, 5.74) is 1.06. The fraction of sp³-hybridized carbons (Fsp3) is 0.515. The van der Waals surface area contributed by atoms with Crippen LogP contribution in [0.25, 0.3) is 6.08 Å². The zero-order chi connectivity index (χ0) is 31.9. The van der Waals surface area contributed by atoms with Crippen LogP contribution in [0.1, 0.15) is 65.0 Å². The number of hydrogen-bond acceptors (Lipinski definition) is 8. The number of rotatable bonds is 12. The van der Waals surface area contributed by atoms with Gasteiger partial charge in [-0.15, -0.1) is 0 Å². The maximum Gasteiger partial charge on any atom is 0.407 e. The number of hydrogen-bond donors (Lipinski definition) is 4. The van der Waals surface area contributed by atoms with Crippen molar-refractivity contribution in [1.82, 2.24) is 10.6 Å². The van der Waals surface area contributed by atoms with Gasteiger partial charge in [0.1, 0.15) is 35.9 Å². The maximum atomic E-state index is 11.7. The van der Waals surface area contributed by atoms with Crippen LogP contribution in [0.4, 0.5) is 9.59 Å². The summed E-state index contributed by atoms with van der Waals surface area (Å²) in [5.74, 6) is 2.32. The van der Waals surface area contributed by atoms with E-state index in [1.807, 2.05) is 102 Å². The summed E-state index contributed by atoms with van der Waals surface area (Å²) in [6, 6.07) is 15.4. The Balaban J connectivity index is 0.000000301. The van der Waals surface area contributed by atoms with Gasteiger partial charge < -0.3 is 39.8 Å². The van der Waals surface area contributed by atoms with Gasteiger partial charge in [-0.25, -0.2) is 9.59 Å². The van der Waals surface area contributed by atoms with E-state index in [-0.39, 0.29) is 25.9 Å². The molecule has 238 valence electrons. The zero-order valence-corrected chi connectivity index (χ0v) is 26.2. The van der Waals surface area contributed by atoms with Crippen LogP contribution in [0.2, 0.25) is 0 Å². The largest absolute Gasteiger partial charge is 0.491 e. The molecule has 0 aliphatic heterocycles. The quantitative estimate of drug-likeness (QED) is 0.258. The number of para-hydroxylation sites is 2. The summed E-state index contributed by atoms with van der Waals surface area (Å²) in [4.78, 5) is 23.1. The molecule has 1 aliphatic carbocycles. The van der Waals surface area contributed by atoms with Crippen LogP contribution >= 0.6 is 0 Å². The van der Waals surface area contributed by atoms with Crippen molar-refractivity contribution in [2.24, 2.45) is 5.92 Å². The highest BCUT2D eigenvalue weighted by molar-refractivity contribution is 5.68. The zero-order valence-electron chi connectivity index (χ0n) is 26.2. The third kappa shape index (κ3) is 14.8. The molecule has 2 amide bonds. The third-order valence-electron chi connectivity index (χ3n) is 5.83. The van der Waals surface area contributed by atoms with Gasteiger partial charge in [0.05, 0.1) is 13.2 Å². The van der Waals surface area contributed by atoms with Crippen LogP contribution in [-0.4, -0.2) is 73.1 Å². The first kappa shape index (κ1) is 35.4. The number of alkyl carbamates (subject to hydrolysis) is 2. The first-order chi connectivity index (χ1) is 20.3. The number of ether oxygens (including phenoxy) is 4. The predicted molar refractivity (Wildman–Crippen MR) is 166 cm³/mol. The predicted octanol–water partition coefficient (Wildman–Crippen LogP) is 5.28. The van der Waals surface area contributed by atoms with Gasteiger partial charge in [0.25, 0.3) is 0 Å². The first-order valence-corrected chi connectivity index (χ1v) is 14.6. The summed E-state index contributed by atoms with van der Waals surface area (Å²) >= 11 is 0. The first-order valence-electron chi connectivity index (χ1n) is 14.6. The molecule has 43 heavy (non-hydrogen) atoms. The molecule has 10 heteroatoms. The van der Waals surface area contributed by atoms with Crippen molar-refractivity contribution in [3.8, 4) is 11.5 Å². The number of carbonyl (C=O) groups is 2. The monoisotopic (exact) mass is 600 g/mol. The van der Waals surface area contributed by atoms with Crippen molar-refractivity contribution in [3.63, 3.8) is 0 Å². The molecular formula is C33H48N2O8. The minimum absolute atomic E-state index is 0.00261. The van der Waals surface area contributed by atoms with Crippen LogP contribution in [-0.2, 0) is 9.47 Å². The molecule has 2 aromatic carbocycles. The summed E-state index contributed by atoms with van der Waals surface area (Å²) in [7, 11) is 0. The van der Waals surface area contributed by atoms with Crippen LogP contribution < -0.4 is 20.1 Å². The number of benzene rings is 2. The van der Waals surface area contributed by atoms with Crippen molar-refractivity contribution in [3.05, 3.63) is 65.7 Å². The van der Waals surface area contributed by atoms with Crippen molar-refractivity contribution < 1.29 is 38.7 Å². The number of nitrogens with one attached hydrogen (secondary N) is 2. The van der Waals surface area contributed by atoms with Gasteiger partial charge in [-0.05, 0) is 77.5 Å². The van der Waals surface area contributed by atoms with E-state index in [1.165, 1.54) is 0 Å². The van der Waals surface area contributed by atoms with Gasteiger partial charge in [0.15, 0.2) is 0 Å². The Morgan fingerprint density at radius 3 is 1.95 bits per heavy atom. The molecule has 3 rings (SSSR count). The minimum atomic E-state index is -0.501. The molecule has 0 heterocycles. The molecule has 4 N–H and O–H groups in total.